The molecule has 0 spiro atoms. The molecule has 2 nitrogen and oxygen atoms in total. The predicted molar refractivity (Wildman–Crippen MR) is 77.3 cm³/mol. The molecule has 1 aromatic rings. The van der Waals surface area contributed by atoms with E-state index in [0.29, 0.717) is 5.92 Å². The number of aliphatic hydroxyl groups is 1. The zero-order valence-electron chi connectivity index (χ0n) is 12.0. The van der Waals surface area contributed by atoms with Crippen molar-refractivity contribution in [2.24, 2.45) is 0 Å². The second-order valence-corrected chi connectivity index (χ2v) is 6.21. The minimum absolute atomic E-state index is 0.176. The summed E-state index contributed by atoms with van der Waals surface area (Å²) in [6.07, 6.45) is 2.01. The van der Waals surface area contributed by atoms with Crippen molar-refractivity contribution in [3.8, 4) is 0 Å². The fraction of sp³-hybridized carbons (Fsp3) is 0.625. The number of anilines is 1. The summed E-state index contributed by atoms with van der Waals surface area (Å²) >= 11 is 0. The van der Waals surface area contributed by atoms with Gasteiger partial charge in [-0.15, -0.1) is 0 Å². The van der Waals surface area contributed by atoms with Gasteiger partial charge in [0, 0.05) is 24.4 Å². The Morgan fingerprint density at radius 3 is 2.78 bits per heavy atom. The van der Waals surface area contributed by atoms with Crippen LogP contribution in [0.1, 0.15) is 50.7 Å². The fourth-order valence-corrected chi connectivity index (χ4v) is 3.25. The summed E-state index contributed by atoms with van der Waals surface area (Å²) in [5, 5.41) is 9.10. The molecule has 1 aliphatic rings. The van der Waals surface area contributed by atoms with E-state index >= 15 is 0 Å². The highest BCUT2D eigenvalue weighted by Crippen LogP contribution is 2.43. The lowest BCUT2D eigenvalue weighted by molar-refractivity contribution is 0.280. The Balaban J connectivity index is 2.42. The van der Waals surface area contributed by atoms with Crippen LogP contribution in [0.25, 0.3) is 0 Å². The third-order valence-corrected chi connectivity index (χ3v) is 4.08. The molecule has 18 heavy (non-hydrogen) atoms. The molecule has 0 fully saturated rings. The Bertz CT molecular complexity index is 425. The van der Waals surface area contributed by atoms with E-state index in [4.69, 9.17) is 5.11 Å². The summed E-state index contributed by atoms with van der Waals surface area (Å²) in [6.45, 7) is 10.3. The first-order chi connectivity index (χ1) is 8.45. The highest BCUT2D eigenvalue weighted by Gasteiger charge is 2.35. The maximum absolute atomic E-state index is 9.10. The number of hydrogen-bond donors (Lipinski definition) is 1. The third kappa shape index (κ3) is 2.39. The van der Waals surface area contributed by atoms with Gasteiger partial charge in [-0.1, -0.05) is 19.1 Å². The molecule has 0 bridgehead atoms. The zero-order chi connectivity index (χ0) is 13.3. The van der Waals surface area contributed by atoms with Gasteiger partial charge in [0.25, 0.3) is 0 Å². The van der Waals surface area contributed by atoms with Crippen LogP contribution in [-0.4, -0.2) is 23.8 Å². The molecule has 1 aromatic carbocycles. The van der Waals surface area contributed by atoms with E-state index in [9.17, 15) is 0 Å². The van der Waals surface area contributed by atoms with Crippen LogP contribution in [0, 0.1) is 6.92 Å². The van der Waals surface area contributed by atoms with E-state index < -0.39 is 0 Å². The first-order valence-corrected chi connectivity index (χ1v) is 6.95. The maximum atomic E-state index is 9.10. The summed E-state index contributed by atoms with van der Waals surface area (Å²) in [6, 6.07) is 6.78. The first-order valence-electron chi connectivity index (χ1n) is 6.95. The molecule has 100 valence electrons. The van der Waals surface area contributed by atoms with Crippen molar-refractivity contribution in [2.75, 3.05) is 18.1 Å². The monoisotopic (exact) mass is 247 g/mol. The Morgan fingerprint density at radius 2 is 2.11 bits per heavy atom. The van der Waals surface area contributed by atoms with Crippen LogP contribution >= 0.6 is 0 Å². The summed E-state index contributed by atoms with van der Waals surface area (Å²) in [4.78, 5) is 2.48. The van der Waals surface area contributed by atoms with E-state index in [1.165, 1.54) is 23.2 Å². The summed E-state index contributed by atoms with van der Waals surface area (Å²) in [7, 11) is 0. The number of rotatable bonds is 3. The maximum Gasteiger partial charge on any atom is 0.0447 e. The molecule has 2 heteroatoms. The van der Waals surface area contributed by atoms with Crippen molar-refractivity contribution in [3.05, 3.63) is 29.3 Å². The van der Waals surface area contributed by atoms with Gasteiger partial charge >= 0.3 is 0 Å². The minimum Gasteiger partial charge on any atom is -0.396 e. The fourth-order valence-electron chi connectivity index (χ4n) is 3.25. The topological polar surface area (TPSA) is 23.5 Å². The van der Waals surface area contributed by atoms with Gasteiger partial charge in [-0.3, -0.25) is 0 Å². The molecule has 1 unspecified atom stereocenters. The Labute approximate surface area is 111 Å². The molecule has 1 atom stereocenters. The SMILES string of the molecule is Cc1ccc2c(c1)N(CCCO)C(C)(C)CC2C. The van der Waals surface area contributed by atoms with Crippen LogP contribution < -0.4 is 4.90 Å². The van der Waals surface area contributed by atoms with Crippen LogP contribution in [-0.2, 0) is 0 Å². The van der Waals surface area contributed by atoms with Crippen LogP contribution in [0.2, 0.25) is 0 Å². The molecule has 0 saturated carbocycles. The molecule has 0 radical (unpaired) electrons. The lowest BCUT2D eigenvalue weighted by atomic mass is 9.79. The minimum atomic E-state index is 0.176. The van der Waals surface area contributed by atoms with Crippen molar-refractivity contribution in [1.29, 1.82) is 0 Å². The molecule has 2 rings (SSSR count). The first kappa shape index (κ1) is 13.4. The zero-order valence-corrected chi connectivity index (χ0v) is 12.0. The number of nitrogens with zero attached hydrogens (tertiary/aromatic N) is 1. The van der Waals surface area contributed by atoms with Crippen LogP contribution in [0.5, 0.6) is 0 Å². The van der Waals surface area contributed by atoms with Crippen LogP contribution in [0.15, 0.2) is 18.2 Å². The van der Waals surface area contributed by atoms with Crippen molar-refractivity contribution < 1.29 is 5.11 Å². The Hall–Kier alpha value is -1.02. The number of fused-ring (bicyclic) bond motifs is 1. The number of hydrogen-bond acceptors (Lipinski definition) is 2. The van der Waals surface area contributed by atoms with Crippen molar-refractivity contribution in [1.82, 2.24) is 0 Å². The van der Waals surface area contributed by atoms with Crippen molar-refractivity contribution >= 4 is 5.69 Å². The van der Waals surface area contributed by atoms with E-state index in [-0.39, 0.29) is 12.1 Å². The van der Waals surface area contributed by atoms with Gasteiger partial charge in [-0.2, -0.15) is 0 Å². The summed E-state index contributed by atoms with van der Waals surface area (Å²) in [5.41, 5.74) is 4.31. The van der Waals surface area contributed by atoms with E-state index in [2.05, 4.69) is 50.8 Å². The summed E-state index contributed by atoms with van der Waals surface area (Å²) < 4.78 is 0. The smallest absolute Gasteiger partial charge is 0.0447 e. The second-order valence-electron chi connectivity index (χ2n) is 6.21. The van der Waals surface area contributed by atoms with Gasteiger partial charge in [0.1, 0.15) is 0 Å². The highest BCUT2D eigenvalue weighted by molar-refractivity contribution is 5.60. The number of benzene rings is 1. The quantitative estimate of drug-likeness (QED) is 0.884. The van der Waals surface area contributed by atoms with Gasteiger partial charge in [0.15, 0.2) is 0 Å². The molecule has 0 aliphatic carbocycles. The van der Waals surface area contributed by atoms with Gasteiger partial charge in [-0.05, 0) is 56.7 Å². The predicted octanol–water partition coefficient (Wildman–Crippen LogP) is 3.47. The highest BCUT2D eigenvalue weighted by atomic mass is 16.3. The standard InChI is InChI=1S/C16H25NO/c1-12-6-7-14-13(2)11-16(3,4)17(8-5-9-18)15(14)10-12/h6-7,10,13,18H,5,8-9,11H2,1-4H3. The van der Waals surface area contributed by atoms with Gasteiger partial charge in [0.05, 0.1) is 0 Å². The average Bonchev–Trinajstić information content (AvgIpc) is 2.27. The van der Waals surface area contributed by atoms with E-state index in [1.807, 2.05) is 0 Å². The lowest BCUT2D eigenvalue weighted by Crippen LogP contribution is -2.49. The third-order valence-electron chi connectivity index (χ3n) is 4.08. The molecule has 0 saturated heterocycles. The average molecular weight is 247 g/mol. The van der Waals surface area contributed by atoms with Crippen molar-refractivity contribution in [2.45, 2.75) is 52.0 Å². The molecule has 1 heterocycles. The Kier molecular flexibility index (Phi) is 3.67. The van der Waals surface area contributed by atoms with Gasteiger partial charge < -0.3 is 10.0 Å². The molecular formula is C16H25NO. The van der Waals surface area contributed by atoms with E-state index in [1.54, 1.807) is 0 Å². The largest absolute Gasteiger partial charge is 0.396 e. The Morgan fingerprint density at radius 1 is 1.39 bits per heavy atom. The van der Waals surface area contributed by atoms with E-state index in [0.717, 1.165) is 13.0 Å². The molecule has 0 amide bonds. The normalized spacial score (nSPS) is 21.8. The molecule has 1 aliphatic heterocycles. The molecule has 0 aromatic heterocycles. The number of aliphatic hydroxyl groups excluding tert-OH is 1. The van der Waals surface area contributed by atoms with Crippen molar-refractivity contribution in [3.63, 3.8) is 0 Å². The van der Waals surface area contributed by atoms with Gasteiger partial charge in [-0.25, -0.2) is 0 Å². The van der Waals surface area contributed by atoms with Crippen LogP contribution in [0.4, 0.5) is 5.69 Å². The summed E-state index contributed by atoms with van der Waals surface area (Å²) in [5.74, 6) is 0.612. The molecular weight excluding hydrogens is 222 g/mol. The molecule has 1 N–H and O–H groups in total. The number of aryl methyl sites for hydroxylation is 1. The van der Waals surface area contributed by atoms with Gasteiger partial charge in [0.2, 0.25) is 0 Å². The van der Waals surface area contributed by atoms with Crippen LogP contribution in [0.3, 0.4) is 0 Å². The second kappa shape index (κ2) is 4.93. The lowest BCUT2D eigenvalue weighted by Gasteiger charge is -2.47.